The van der Waals surface area contributed by atoms with E-state index in [-0.39, 0.29) is 0 Å². The van der Waals surface area contributed by atoms with E-state index in [9.17, 15) is 0 Å². The molecular formula is C15H18N2O3. The van der Waals surface area contributed by atoms with Crippen molar-refractivity contribution < 1.29 is 13.9 Å². The monoisotopic (exact) mass is 274 g/mol. The van der Waals surface area contributed by atoms with Gasteiger partial charge in [0.2, 0.25) is 5.89 Å². The van der Waals surface area contributed by atoms with Crippen LogP contribution in [0.1, 0.15) is 23.6 Å². The number of fused-ring (bicyclic) bond motifs is 1. The number of rotatable bonds is 4. The van der Waals surface area contributed by atoms with Crippen LogP contribution in [0.5, 0.6) is 11.5 Å². The summed E-state index contributed by atoms with van der Waals surface area (Å²) >= 11 is 0. The molecule has 2 heterocycles. The van der Waals surface area contributed by atoms with Crippen molar-refractivity contribution >= 4 is 0 Å². The molecule has 1 aromatic heterocycles. The molecule has 1 aliphatic heterocycles. The van der Waals surface area contributed by atoms with Crippen LogP contribution in [-0.2, 0) is 13.1 Å². The third-order valence-electron chi connectivity index (χ3n) is 3.11. The van der Waals surface area contributed by atoms with Crippen molar-refractivity contribution in [3.63, 3.8) is 0 Å². The van der Waals surface area contributed by atoms with Crippen LogP contribution in [0.25, 0.3) is 0 Å². The lowest BCUT2D eigenvalue weighted by molar-refractivity contribution is 0.296. The summed E-state index contributed by atoms with van der Waals surface area (Å²) in [7, 11) is 0. The second-order valence-electron chi connectivity index (χ2n) is 4.76. The summed E-state index contributed by atoms with van der Waals surface area (Å²) in [6.45, 7) is 4.58. The van der Waals surface area contributed by atoms with Gasteiger partial charge in [0.15, 0.2) is 11.5 Å². The van der Waals surface area contributed by atoms with Crippen molar-refractivity contribution in [3.05, 3.63) is 41.6 Å². The highest BCUT2D eigenvalue weighted by atomic mass is 16.5. The van der Waals surface area contributed by atoms with Crippen molar-refractivity contribution in [3.8, 4) is 11.5 Å². The second-order valence-corrected chi connectivity index (χ2v) is 4.76. The van der Waals surface area contributed by atoms with Gasteiger partial charge >= 0.3 is 0 Å². The average Bonchev–Trinajstić information content (AvgIpc) is 2.73. The van der Waals surface area contributed by atoms with Crippen molar-refractivity contribution in [1.29, 1.82) is 0 Å². The van der Waals surface area contributed by atoms with Crippen LogP contribution >= 0.6 is 0 Å². The summed E-state index contributed by atoms with van der Waals surface area (Å²) in [5, 5.41) is 3.31. The molecule has 0 fully saturated rings. The van der Waals surface area contributed by atoms with E-state index in [0.717, 1.165) is 29.2 Å². The average molecular weight is 274 g/mol. The molecule has 0 saturated carbocycles. The molecule has 3 rings (SSSR count). The fourth-order valence-corrected chi connectivity index (χ4v) is 2.18. The van der Waals surface area contributed by atoms with E-state index in [1.807, 2.05) is 25.1 Å². The lowest BCUT2D eigenvalue weighted by Crippen LogP contribution is -2.14. The zero-order valence-corrected chi connectivity index (χ0v) is 11.5. The fourth-order valence-electron chi connectivity index (χ4n) is 2.18. The van der Waals surface area contributed by atoms with E-state index >= 15 is 0 Å². The number of hydrogen-bond acceptors (Lipinski definition) is 5. The van der Waals surface area contributed by atoms with Crippen LogP contribution < -0.4 is 14.8 Å². The third-order valence-corrected chi connectivity index (χ3v) is 3.11. The Kier molecular flexibility index (Phi) is 3.87. The van der Waals surface area contributed by atoms with Crippen molar-refractivity contribution in [1.82, 2.24) is 10.3 Å². The molecule has 0 saturated heterocycles. The fraction of sp³-hybridized carbons (Fsp3) is 0.400. The Bertz CT molecular complexity index is 580. The summed E-state index contributed by atoms with van der Waals surface area (Å²) < 4.78 is 16.9. The van der Waals surface area contributed by atoms with E-state index in [0.29, 0.717) is 32.2 Å². The number of para-hydroxylation sites is 1. The molecule has 1 N–H and O–H groups in total. The summed E-state index contributed by atoms with van der Waals surface area (Å²) in [4.78, 5) is 4.16. The van der Waals surface area contributed by atoms with Gasteiger partial charge in [0, 0.05) is 18.5 Å². The summed E-state index contributed by atoms with van der Waals surface area (Å²) in [5.74, 6) is 3.20. The predicted molar refractivity (Wildman–Crippen MR) is 73.8 cm³/mol. The Hall–Kier alpha value is -2.01. The number of hydrogen-bond donors (Lipinski definition) is 1. The summed E-state index contributed by atoms with van der Waals surface area (Å²) in [5.41, 5.74) is 1.09. The number of aromatic nitrogens is 1. The predicted octanol–water partition coefficient (Wildman–Crippen LogP) is 2.43. The highest BCUT2D eigenvalue weighted by Gasteiger charge is 2.14. The van der Waals surface area contributed by atoms with E-state index in [2.05, 4.69) is 10.3 Å². The molecule has 0 radical (unpaired) electrons. The van der Waals surface area contributed by atoms with Gasteiger partial charge in [-0.05, 0) is 13.0 Å². The lowest BCUT2D eigenvalue weighted by Gasteiger charge is -2.12. The van der Waals surface area contributed by atoms with Gasteiger partial charge in [0.25, 0.3) is 0 Å². The molecule has 0 unspecified atom stereocenters. The van der Waals surface area contributed by atoms with Crippen molar-refractivity contribution in [2.24, 2.45) is 0 Å². The van der Waals surface area contributed by atoms with Gasteiger partial charge in [0.05, 0.1) is 26.0 Å². The van der Waals surface area contributed by atoms with E-state index in [1.54, 1.807) is 6.20 Å². The Labute approximate surface area is 117 Å². The summed E-state index contributed by atoms with van der Waals surface area (Å²) in [6, 6.07) is 5.97. The van der Waals surface area contributed by atoms with Gasteiger partial charge in [-0.25, -0.2) is 4.98 Å². The van der Waals surface area contributed by atoms with Crippen LogP contribution in [-0.4, -0.2) is 18.2 Å². The Balaban J connectivity index is 1.65. The maximum absolute atomic E-state index is 5.78. The number of nitrogens with zero attached hydrogens (tertiary/aromatic N) is 1. The first-order valence-corrected chi connectivity index (χ1v) is 6.82. The van der Waals surface area contributed by atoms with E-state index in [1.165, 1.54) is 0 Å². The molecule has 20 heavy (non-hydrogen) atoms. The molecule has 5 heteroatoms. The molecule has 1 aromatic carbocycles. The Morgan fingerprint density at radius 2 is 2.10 bits per heavy atom. The first-order chi connectivity index (χ1) is 9.83. The second kappa shape index (κ2) is 5.96. The maximum Gasteiger partial charge on any atom is 0.208 e. The quantitative estimate of drug-likeness (QED) is 0.928. The van der Waals surface area contributed by atoms with Crippen LogP contribution in [0.2, 0.25) is 0 Å². The van der Waals surface area contributed by atoms with Crippen LogP contribution in [0, 0.1) is 6.92 Å². The number of ether oxygens (including phenoxy) is 2. The Morgan fingerprint density at radius 1 is 1.20 bits per heavy atom. The van der Waals surface area contributed by atoms with Gasteiger partial charge in [-0.2, -0.15) is 0 Å². The molecule has 1 aliphatic rings. The van der Waals surface area contributed by atoms with Gasteiger partial charge < -0.3 is 19.2 Å². The van der Waals surface area contributed by atoms with Crippen LogP contribution in [0.4, 0.5) is 0 Å². The summed E-state index contributed by atoms with van der Waals surface area (Å²) in [6.07, 6.45) is 2.64. The molecular weight excluding hydrogens is 256 g/mol. The number of benzene rings is 1. The van der Waals surface area contributed by atoms with Crippen molar-refractivity contribution in [2.45, 2.75) is 26.4 Å². The number of oxazole rings is 1. The third kappa shape index (κ3) is 2.93. The van der Waals surface area contributed by atoms with Crippen LogP contribution in [0.3, 0.4) is 0 Å². The minimum absolute atomic E-state index is 0.596. The first kappa shape index (κ1) is 13.0. The van der Waals surface area contributed by atoms with Crippen molar-refractivity contribution in [2.75, 3.05) is 13.2 Å². The van der Waals surface area contributed by atoms with Gasteiger partial charge in [-0.1, -0.05) is 12.1 Å². The van der Waals surface area contributed by atoms with Crippen LogP contribution in [0.15, 0.2) is 28.8 Å². The molecule has 0 aliphatic carbocycles. The maximum atomic E-state index is 5.78. The standard InChI is InChI=1S/C15H18N2O3/c1-11-8-17-14(20-11)10-16-9-12-4-2-5-13-15(12)19-7-3-6-18-13/h2,4-5,8,16H,3,6-7,9-10H2,1H3. The van der Waals surface area contributed by atoms with Gasteiger partial charge in [-0.3, -0.25) is 0 Å². The molecule has 2 aromatic rings. The number of aryl methyl sites for hydroxylation is 1. The van der Waals surface area contributed by atoms with Gasteiger partial charge in [-0.15, -0.1) is 0 Å². The zero-order valence-electron chi connectivity index (χ0n) is 11.5. The van der Waals surface area contributed by atoms with E-state index in [4.69, 9.17) is 13.9 Å². The lowest BCUT2D eigenvalue weighted by atomic mass is 10.2. The number of nitrogens with one attached hydrogen (secondary N) is 1. The first-order valence-electron chi connectivity index (χ1n) is 6.82. The normalized spacial score (nSPS) is 14.1. The largest absolute Gasteiger partial charge is 0.490 e. The molecule has 0 atom stereocenters. The zero-order chi connectivity index (χ0) is 13.8. The molecule has 0 spiro atoms. The van der Waals surface area contributed by atoms with E-state index < -0.39 is 0 Å². The molecule has 0 bridgehead atoms. The SMILES string of the molecule is Cc1cnc(CNCc2cccc3c2OCCCO3)o1. The smallest absolute Gasteiger partial charge is 0.208 e. The minimum atomic E-state index is 0.596. The minimum Gasteiger partial charge on any atom is -0.490 e. The highest BCUT2D eigenvalue weighted by Crippen LogP contribution is 2.33. The molecule has 0 amide bonds. The van der Waals surface area contributed by atoms with Gasteiger partial charge in [0.1, 0.15) is 5.76 Å². The molecule has 106 valence electrons. The molecule has 5 nitrogen and oxygen atoms in total. The highest BCUT2D eigenvalue weighted by molar-refractivity contribution is 5.47. The topological polar surface area (TPSA) is 56.5 Å². The Morgan fingerprint density at radius 3 is 2.95 bits per heavy atom.